The Morgan fingerprint density at radius 2 is 1.97 bits per heavy atom. The number of aromatic amines is 1. The molecule has 2 aromatic heterocycles. The van der Waals surface area contributed by atoms with Crippen LogP contribution in [0.1, 0.15) is 18.9 Å². The summed E-state index contributed by atoms with van der Waals surface area (Å²) in [6.07, 6.45) is 1.84. The number of pyridine rings is 1. The lowest BCUT2D eigenvalue weighted by molar-refractivity contribution is 0.191. The van der Waals surface area contributed by atoms with Gasteiger partial charge in [0.25, 0.3) is 5.56 Å². The fraction of sp³-hybridized carbons (Fsp3) is 0.385. The minimum Gasteiger partial charge on any atom is -0.494 e. The molecule has 0 amide bonds. The van der Waals surface area contributed by atoms with Crippen molar-refractivity contribution in [3.8, 4) is 22.6 Å². The predicted molar refractivity (Wildman–Crippen MR) is 139 cm³/mol. The molecule has 1 aliphatic heterocycles. The molecule has 1 saturated carbocycles. The molecule has 1 aliphatic carbocycles. The van der Waals surface area contributed by atoms with Crippen molar-refractivity contribution in [2.24, 2.45) is 0 Å². The van der Waals surface area contributed by atoms with E-state index in [9.17, 15) is 9.59 Å². The van der Waals surface area contributed by atoms with Gasteiger partial charge in [0, 0.05) is 38.8 Å². The molecule has 0 atom stereocenters. The standard InChI is InChI=1S/C26H27FN4O4S/c1-34-24-20(15-3-2-4-17(13-15)35-12-11-30-9-7-28-8-10-30)19(27)14-18-22(24)31(16-5-6-16)26-21(23(18)32)25(33)29-36-26/h2-4,13-14,16,28H,5-12H2,1H3,(H,29,33). The lowest BCUT2D eigenvalue weighted by Crippen LogP contribution is -2.44. The van der Waals surface area contributed by atoms with Crippen LogP contribution in [0.25, 0.3) is 32.2 Å². The molecule has 0 bridgehead atoms. The Bertz CT molecular complexity index is 1570. The van der Waals surface area contributed by atoms with Crippen molar-refractivity contribution in [1.29, 1.82) is 0 Å². The number of hydrogen-bond donors (Lipinski definition) is 2. The molecule has 2 fully saturated rings. The lowest BCUT2D eigenvalue weighted by atomic mass is 10.00. The van der Waals surface area contributed by atoms with E-state index in [1.165, 1.54) is 13.2 Å². The van der Waals surface area contributed by atoms with Gasteiger partial charge >= 0.3 is 0 Å². The predicted octanol–water partition coefficient (Wildman–Crippen LogP) is 3.34. The van der Waals surface area contributed by atoms with Crippen LogP contribution in [0.2, 0.25) is 0 Å². The summed E-state index contributed by atoms with van der Waals surface area (Å²) in [5.41, 5.74) is 0.476. The van der Waals surface area contributed by atoms with Gasteiger partial charge in [0.05, 0.1) is 23.6 Å². The zero-order valence-corrected chi connectivity index (χ0v) is 20.8. The van der Waals surface area contributed by atoms with Crippen LogP contribution in [0.4, 0.5) is 4.39 Å². The smallest absolute Gasteiger partial charge is 0.271 e. The van der Waals surface area contributed by atoms with Crippen LogP contribution in [0.5, 0.6) is 11.5 Å². The van der Waals surface area contributed by atoms with Gasteiger partial charge in [0.2, 0.25) is 5.43 Å². The largest absolute Gasteiger partial charge is 0.494 e. The molecule has 10 heteroatoms. The highest BCUT2D eigenvalue weighted by Gasteiger charge is 2.32. The number of ether oxygens (including phenoxy) is 2. The average Bonchev–Trinajstić information content (AvgIpc) is 3.66. The van der Waals surface area contributed by atoms with Crippen molar-refractivity contribution in [3.05, 3.63) is 56.7 Å². The molecule has 4 aromatic rings. The number of rotatable bonds is 7. The number of benzene rings is 2. The van der Waals surface area contributed by atoms with Crippen molar-refractivity contribution >= 4 is 32.7 Å². The number of aromatic nitrogens is 2. The number of fused-ring (bicyclic) bond motifs is 2. The normalized spacial score (nSPS) is 16.6. The molecule has 3 heterocycles. The minimum absolute atomic E-state index is 0.0773. The lowest BCUT2D eigenvalue weighted by Gasteiger charge is -2.26. The first-order valence-corrected chi connectivity index (χ1v) is 13.0. The van der Waals surface area contributed by atoms with E-state index in [1.54, 1.807) is 6.07 Å². The summed E-state index contributed by atoms with van der Waals surface area (Å²) in [7, 11) is 1.48. The maximum atomic E-state index is 15.7. The molecule has 1 saturated heterocycles. The fourth-order valence-electron chi connectivity index (χ4n) is 5.05. The van der Waals surface area contributed by atoms with E-state index in [1.807, 2.05) is 22.8 Å². The maximum absolute atomic E-state index is 15.7. The van der Waals surface area contributed by atoms with Gasteiger partial charge in [0.1, 0.15) is 28.4 Å². The quantitative estimate of drug-likeness (QED) is 0.397. The van der Waals surface area contributed by atoms with Crippen LogP contribution in [0, 0.1) is 5.82 Å². The zero-order valence-electron chi connectivity index (χ0n) is 19.9. The average molecular weight is 511 g/mol. The summed E-state index contributed by atoms with van der Waals surface area (Å²) in [4.78, 5) is 28.6. The molecular formula is C26H27FN4O4S. The second-order valence-electron chi connectivity index (χ2n) is 9.27. The third-order valence-electron chi connectivity index (χ3n) is 6.94. The Kier molecular flexibility index (Phi) is 6.02. The van der Waals surface area contributed by atoms with Crippen molar-refractivity contribution in [1.82, 2.24) is 19.2 Å². The minimum atomic E-state index is -0.581. The van der Waals surface area contributed by atoms with Gasteiger partial charge in [-0.15, -0.1) is 0 Å². The van der Waals surface area contributed by atoms with Crippen molar-refractivity contribution in [2.75, 3.05) is 46.4 Å². The van der Waals surface area contributed by atoms with Gasteiger partial charge in [-0.05, 0) is 48.1 Å². The summed E-state index contributed by atoms with van der Waals surface area (Å²) >= 11 is 1.13. The summed E-state index contributed by atoms with van der Waals surface area (Å²) in [5.74, 6) is 0.348. The van der Waals surface area contributed by atoms with Crippen molar-refractivity contribution in [3.63, 3.8) is 0 Å². The molecule has 8 nitrogen and oxygen atoms in total. The molecule has 36 heavy (non-hydrogen) atoms. The molecule has 2 N–H and O–H groups in total. The molecule has 2 aromatic carbocycles. The molecular weight excluding hydrogens is 483 g/mol. The topological polar surface area (TPSA) is 88.6 Å². The molecule has 2 aliphatic rings. The van der Waals surface area contributed by atoms with Gasteiger partial charge in [0.15, 0.2) is 5.75 Å². The van der Waals surface area contributed by atoms with Gasteiger partial charge in [-0.25, -0.2) is 4.39 Å². The van der Waals surface area contributed by atoms with E-state index in [0.29, 0.717) is 28.3 Å². The molecule has 0 spiro atoms. The summed E-state index contributed by atoms with van der Waals surface area (Å²) in [6, 6.07) is 8.67. The van der Waals surface area contributed by atoms with E-state index >= 15 is 4.39 Å². The van der Waals surface area contributed by atoms with Crippen molar-refractivity contribution < 1.29 is 13.9 Å². The number of halogens is 1. The summed E-state index contributed by atoms with van der Waals surface area (Å²) in [6.45, 7) is 5.31. The molecule has 0 unspecified atom stereocenters. The van der Waals surface area contributed by atoms with E-state index in [2.05, 4.69) is 14.6 Å². The number of piperazine rings is 1. The SMILES string of the molecule is COc1c(-c2cccc(OCCN3CCNCC3)c2)c(F)cc2c(=O)c3c(=O)[nH]sc3n(C3CC3)c12. The monoisotopic (exact) mass is 510 g/mol. The van der Waals surface area contributed by atoms with Crippen LogP contribution in [0.15, 0.2) is 39.9 Å². The third-order valence-corrected chi connectivity index (χ3v) is 7.83. The number of nitrogens with one attached hydrogen (secondary N) is 2. The zero-order chi connectivity index (χ0) is 24.8. The highest BCUT2D eigenvalue weighted by Crippen LogP contribution is 2.45. The second-order valence-corrected chi connectivity index (χ2v) is 10.1. The Morgan fingerprint density at radius 1 is 1.17 bits per heavy atom. The number of methoxy groups -OCH3 is 1. The van der Waals surface area contributed by atoms with Crippen LogP contribution in [-0.4, -0.2) is 60.3 Å². The number of H-pyrrole nitrogens is 1. The van der Waals surface area contributed by atoms with Gasteiger partial charge in [-0.3, -0.25) is 18.9 Å². The van der Waals surface area contributed by atoms with Crippen molar-refractivity contribution in [2.45, 2.75) is 18.9 Å². The Balaban J connectivity index is 1.44. The van der Waals surface area contributed by atoms with E-state index in [0.717, 1.165) is 57.1 Å². The Labute approximate surface area is 210 Å². The Hall–Kier alpha value is -3.21. The Morgan fingerprint density at radius 3 is 2.72 bits per heavy atom. The maximum Gasteiger partial charge on any atom is 0.271 e. The van der Waals surface area contributed by atoms with Gasteiger partial charge in [-0.1, -0.05) is 12.1 Å². The molecule has 0 radical (unpaired) electrons. The van der Waals surface area contributed by atoms with Crippen LogP contribution in [-0.2, 0) is 0 Å². The van der Waals surface area contributed by atoms with E-state index < -0.39 is 16.8 Å². The summed E-state index contributed by atoms with van der Waals surface area (Å²) < 4.78 is 32.1. The van der Waals surface area contributed by atoms with Crippen LogP contribution >= 0.6 is 11.5 Å². The first-order valence-electron chi connectivity index (χ1n) is 12.2. The highest BCUT2D eigenvalue weighted by molar-refractivity contribution is 7.12. The first kappa shape index (κ1) is 23.2. The number of hydrogen-bond acceptors (Lipinski definition) is 7. The molecule has 6 rings (SSSR count). The van der Waals surface area contributed by atoms with Crippen LogP contribution < -0.4 is 25.8 Å². The second kappa shape index (κ2) is 9.34. The van der Waals surface area contributed by atoms with Gasteiger partial charge in [-0.2, -0.15) is 0 Å². The van der Waals surface area contributed by atoms with Gasteiger partial charge < -0.3 is 19.4 Å². The summed E-state index contributed by atoms with van der Waals surface area (Å²) in [5, 5.41) is 3.57. The van der Waals surface area contributed by atoms with E-state index in [-0.39, 0.29) is 28.1 Å². The highest BCUT2D eigenvalue weighted by atomic mass is 32.1. The van der Waals surface area contributed by atoms with Crippen LogP contribution in [0.3, 0.4) is 0 Å². The first-order chi connectivity index (χ1) is 17.6. The molecule has 188 valence electrons. The third kappa shape index (κ3) is 3.99. The van der Waals surface area contributed by atoms with E-state index in [4.69, 9.17) is 9.47 Å². The number of nitrogens with zero attached hydrogens (tertiary/aromatic N) is 2. The fourth-order valence-corrected chi connectivity index (χ4v) is 5.96.